The fourth-order valence-electron chi connectivity index (χ4n) is 0.832. The maximum atomic E-state index is 5.77. The molecule has 12 heavy (non-hydrogen) atoms. The van der Waals surface area contributed by atoms with E-state index in [0.29, 0.717) is 12.0 Å². The first-order valence-electron chi connectivity index (χ1n) is 4.27. The molecule has 0 saturated heterocycles. The molecule has 0 aromatic heterocycles. The van der Waals surface area contributed by atoms with Crippen LogP contribution in [-0.4, -0.2) is 42.5 Å². The Morgan fingerprint density at radius 3 is 2.83 bits per heavy atom. The van der Waals surface area contributed by atoms with Crippen molar-refractivity contribution in [3.8, 4) is 0 Å². The van der Waals surface area contributed by atoms with E-state index in [9.17, 15) is 0 Å². The molecule has 0 amide bonds. The molecule has 2 N–H and O–H groups in total. The Morgan fingerprint density at radius 2 is 2.33 bits per heavy atom. The van der Waals surface area contributed by atoms with Crippen molar-refractivity contribution in [3.63, 3.8) is 0 Å². The van der Waals surface area contributed by atoms with Crippen LogP contribution in [0, 0.1) is 0 Å². The molecule has 70 valence electrons. The summed E-state index contributed by atoms with van der Waals surface area (Å²) in [4.78, 5) is 6.38. The van der Waals surface area contributed by atoms with Crippen LogP contribution < -0.4 is 5.73 Å². The van der Waals surface area contributed by atoms with Gasteiger partial charge in [0.15, 0.2) is 5.96 Å². The third-order valence-electron chi connectivity index (χ3n) is 1.88. The smallest absolute Gasteiger partial charge is 0.191 e. The minimum absolute atomic E-state index is 0.529. The Balaban J connectivity index is 2.23. The van der Waals surface area contributed by atoms with Crippen LogP contribution in [0.15, 0.2) is 4.99 Å². The third-order valence-corrected chi connectivity index (χ3v) is 2.47. The van der Waals surface area contributed by atoms with Gasteiger partial charge in [-0.3, -0.25) is 0 Å². The van der Waals surface area contributed by atoms with Crippen molar-refractivity contribution in [2.24, 2.45) is 10.7 Å². The first-order chi connectivity index (χ1) is 5.74. The molecule has 0 bridgehead atoms. The van der Waals surface area contributed by atoms with Crippen LogP contribution in [0.25, 0.3) is 0 Å². The number of nitrogens with zero attached hydrogens (tertiary/aromatic N) is 2. The fourth-order valence-corrected chi connectivity index (χ4v) is 1.29. The van der Waals surface area contributed by atoms with Gasteiger partial charge in [0.1, 0.15) is 0 Å². The Kier molecular flexibility index (Phi) is 3.72. The topological polar surface area (TPSA) is 41.6 Å². The van der Waals surface area contributed by atoms with Gasteiger partial charge < -0.3 is 10.6 Å². The van der Waals surface area contributed by atoms with E-state index >= 15 is 0 Å². The van der Waals surface area contributed by atoms with Crippen LogP contribution in [0.5, 0.6) is 0 Å². The average molecular weight is 187 g/mol. The van der Waals surface area contributed by atoms with Crippen LogP contribution in [0.4, 0.5) is 0 Å². The van der Waals surface area contributed by atoms with Gasteiger partial charge in [-0.1, -0.05) is 0 Å². The second-order valence-electron chi connectivity index (χ2n) is 3.13. The number of nitrogens with two attached hydrogens (primary N) is 1. The molecule has 1 aliphatic rings. The minimum atomic E-state index is 0.529. The average Bonchev–Trinajstić information content (AvgIpc) is 2.83. The van der Waals surface area contributed by atoms with E-state index < -0.39 is 0 Å². The zero-order chi connectivity index (χ0) is 8.97. The summed E-state index contributed by atoms with van der Waals surface area (Å²) in [6.07, 6.45) is 4.54. The summed E-state index contributed by atoms with van der Waals surface area (Å²) >= 11 is 1.83. The van der Waals surface area contributed by atoms with Crippen molar-refractivity contribution >= 4 is 17.7 Å². The highest BCUT2D eigenvalue weighted by atomic mass is 32.2. The number of rotatable bonds is 4. The summed E-state index contributed by atoms with van der Waals surface area (Å²) in [5, 5.41) is 0. The van der Waals surface area contributed by atoms with Crippen molar-refractivity contribution in [2.75, 3.05) is 25.6 Å². The van der Waals surface area contributed by atoms with Gasteiger partial charge in [0.2, 0.25) is 0 Å². The predicted molar refractivity (Wildman–Crippen MR) is 55.7 cm³/mol. The van der Waals surface area contributed by atoms with Gasteiger partial charge in [-0.05, 0) is 19.1 Å². The Hall–Kier alpha value is -0.380. The summed E-state index contributed by atoms with van der Waals surface area (Å²) < 4.78 is 0. The van der Waals surface area contributed by atoms with Gasteiger partial charge in [0.25, 0.3) is 0 Å². The van der Waals surface area contributed by atoms with E-state index in [4.69, 9.17) is 5.73 Å². The van der Waals surface area contributed by atoms with E-state index in [1.54, 1.807) is 0 Å². The Labute approximate surface area is 78.4 Å². The van der Waals surface area contributed by atoms with Crippen LogP contribution in [0.1, 0.15) is 12.8 Å². The number of aliphatic imine (C=N–C) groups is 1. The lowest BCUT2D eigenvalue weighted by Gasteiger charge is -2.16. The van der Waals surface area contributed by atoms with E-state index in [1.807, 2.05) is 23.7 Å². The monoisotopic (exact) mass is 187 g/mol. The van der Waals surface area contributed by atoms with Crippen LogP contribution in [0.2, 0.25) is 0 Å². The molecule has 0 unspecified atom stereocenters. The molecular weight excluding hydrogens is 170 g/mol. The molecule has 0 atom stereocenters. The lowest BCUT2D eigenvalue weighted by molar-refractivity contribution is 0.530. The number of thioether (sulfide) groups is 1. The molecule has 0 spiro atoms. The van der Waals surface area contributed by atoms with Crippen molar-refractivity contribution < 1.29 is 0 Å². The lowest BCUT2D eigenvalue weighted by atomic mass is 10.6. The molecule has 1 saturated carbocycles. The SMILES string of the molecule is CSCCN(C)C(N)=NC1CC1. The molecule has 3 nitrogen and oxygen atoms in total. The second kappa shape index (κ2) is 4.60. The summed E-state index contributed by atoms with van der Waals surface area (Å²) in [5.41, 5.74) is 5.77. The van der Waals surface area contributed by atoms with Gasteiger partial charge >= 0.3 is 0 Å². The van der Waals surface area contributed by atoms with E-state index in [2.05, 4.69) is 11.2 Å². The second-order valence-corrected chi connectivity index (χ2v) is 4.12. The van der Waals surface area contributed by atoms with Gasteiger partial charge in [-0.2, -0.15) is 11.8 Å². The number of hydrogen-bond acceptors (Lipinski definition) is 2. The van der Waals surface area contributed by atoms with Gasteiger partial charge in [0.05, 0.1) is 6.04 Å². The molecule has 0 radical (unpaired) electrons. The van der Waals surface area contributed by atoms with Gasteiger partial charge in [-0.25, -0.2) is 4.99 Å². The molecule has 1 rings (SSSR count). The highest BCUT2D eigenvalue weighted by molar-refractivity contribution is 7.98. The largest absolute Gasteiger partial charge is 0.370 e. The third kappa shape index (κ3) is 3.34. The van der Waals surface area contributed by atoms with Crippen LogP contribution in [0.3, 0.4) is 0 Å². The van der Waals surface area contributed by atoms with Gasteiger partial charge in [-0.15, -0.1) is 0 Å². The summed E-state index contributed by atoms with van der Waals surface area (Å²) in [5.74, 6) is 1.81. The van der Waals surface area contributed by atoms with E-state index in [-0.39, 0.29) is 0 Å². The van der Waals surface area contributed by atoms with Crippen molar-refractivity contribution in [2.45, 2.75) is 18.9 Å². The minimum Gasteiger partial charge on any atom is -0.370 e. The maximum Gasteiger partial charge on any atom is 0.191 e. The van der Waals surface area contributed by atoms with Crippen LogP contribution >= 0.6 is 11.8 Å². The molecule has 0 aromatic carbocycles. The van der Waals surface area contributed by atoms with E-state index in [1.165, 1.54) is 12.8 Å². The van der Waals surface area contributed by atoms with Gasteiger partial charge in [0, 0.05) is 19.3 Å². The Bertz CT molecular complexity index is 166. The highest BCUT2D eigenvalue weighted by Gasteiger charge is 2.21. The summed E-state index contributed by atoms with van der Waals surface area (Å²) in [6, 6.07) is 0.529. The Morgan fingerprint density at radius 1 is 1.67 bits per heavy atom. The van der Waals surface area contributed by atoms with E-state index in [0.717, 1.165) is 12.3 Å². The molecule has 0 heterocycles. The fraction of sp³-hybridized carbons (Fsp3) is 0.875. The van der Waals surface area contributed by atoms with Crippen molar-refractivity contribution in [3.05, 3.63) is 0 Å². The predicted octanol–water partition coefficient (Wildman–Crippen LogP) is 0.758. The highest BCUT2D eigenvalue weighted by Crippen LogP contribution is 2.23. The zero-order valence-electron chi connectivity index (χ0n) is 7.79. The number of guanidine groups is 1. The molecule has 0 aliphatic heterocycles. The van der Waals surface area contributed by atoms with Crippen molar-refractivity contribution in [1.29, 1.82) is 0 Å². The van der Waals surface area contributed by atoms with Crippen LogP contribution in [-0.2, 0) is 0 Å². The molecule has 1 fully saturated rings. The molecule has 1 aliphatic carbocycles. The summed E-state index contributed by atoms with van der Waals surface area (Å²) in [6.45, 7) is 0.989. The molecule has 0 aromatic rings. The standard InChI is InChI=1S/C8H17N3S/c1-11(5-6-12-2)8(9)10-7-3-4-7/h7H,3-6H2,1-2H3,(H2,9,10). The first-order valence-corrected chi connectivity index (χ1v) is 5.66. The summed E-state index contributed by atoms with van der Waals surface area (Å²) in [7, 11) is 2.00. The molecule has 4 heteroatoms. The lowest BCUT2D eigenvalue weighted by Crippen LogP contribution is -2.35. The normalized spacial score (nSPS) is 18.0. The van der Waals surface area contributed by atoms with Crippen molar-refractivity contribution in [1.82, 2.24) is 4.90 Å². The zero-order valence-corrected chi connectivity index (χ0v) is 8.60. The number of hydrogen-bond donors (Lipinski definition) is 1. The quantitative estimate of drug-likeness (QED) is 0.522. The first kappa shape index (κ1) is 9.71. The maximum absolute atomic E-state index is 5.77. The molecular formula is C8H17N3S.